The lowest BCUT2D eigenvalue weighted by atomic mass is 9.81. The van der Waals surface area contributed by atoms with Gasteiger partial charge in [-0.2, -0.15) is 0 Å². The Kier molecular flexibility index (Phi) is 6.42. The molecule has 1 fully saturated rings. The molecule has 7 nitrogen and oxygen atoms in total. The fraction of sp³-hybridized carbons (Fsp3) is 0.417. The molecule has 31 heavy (non-hydrogen) atoms. The van der Waals surface area contributed by atoms with Crippen molar-refractivity contribution >= 4 is 17.0 Å². The van der Waals surface area contributed by atoms with Crippen LogP contribution in [0, 0.1) is 11.8 Å². The average molecular weight is 424 g/mol. The number of hydrogen-bond acceptors (Lipinski definition) is 5. The maximum Gasteiger partial charge on any atom is 0.303 e. The molecule has 1 saturated heterocycles. The first kappa shape index (κ1) is 21.2. The van der Waals surface area contributed by atoms with E-state index in [4.69, 9.17) is 14.5 Å². The van der Waals surface area contributed by atoms with Gasteiger partial charge in [0.25, 0.3) is 0 Å². The summed E-state index contributed by atoms with van der Waals surface area (Å²) in [6.45, 7) is 2.58. The summed E-state index contributed by atoms with van der Waals surface area (Å²) in [4.78, 5) is 22.0. The predicted octanol–water partition coefficient (Wildman–Crippen LogP) is 3.74. The zero-order valence-corrected chi connectivity index (χ0v) is 18.0. The molecule has 2 heterocycles. The van der Waals surface area contributed by atoms with Gasteiger partial charge in [-0.05, 0) is 54.6 Å². The Balaban J connectivity index is 1.50. The summed E-state index contributed by atoms with van der Waals surface area (Å²) in [5.41, 5.74) is 2.99. The third-order valence-corrected chi connectivity index (χ3v) is 6.18. The fourth-order valence-electron chi connectivity index (χ4n) is 4.58. The highest BCUT2D eigenvalue weighted by molar-refractivity contribution is 5.81. The number of ether oxygens (including phenoxy) is 2. The van der Waals surface area contributed by atoms with Crippen molar-refractivity contribution < 1.29 is 19.4 Å². The van der Waals surface area contributed by atoms with Crippen LogP contribution in [0.4, 0.5) is 0 Å². The average Bonchev–Trinajstić information content (AvgIpc) is 3.18. The monoisotopic (exact) mass is 423 g/mol. The van der Waals surface area contributed by atoms with Gasteiger partial charge in [-0.3, -0.25) is 9.69 Å². The topological polar surface area (TPSA) is 87.7 Å². The van der Waals surface area contributed by atoms with Crippen LogP contribution in [0.3, 0.4) is 0 Å². The van der Waals surface area contributed by atoms with Crippen LogP contribution in [0.1, 0.15) is 24.2 Å². The summed E-state index contributed by atoms with van der Waals surface area (Å²) in [6.07, 6.45) is 1.79. The van der Waals surface area contributed by atoms with Crippen LogP contribution < -0.4 is 9.47 Å². The van der Waals surface area contributed by atoms with Crippen LogP contribution >= 0.6 is 0 Å². The first-order valence-electron chi connectivity index (χ1n) is 10.6. The number of carboxylic acid groups (broad SMARTS) is 1. The Hall–Kier alpha value is -3.06. The normalized spacial score (nSPS) is 19.4. The number of H-pyrrole nitrogens is 1. The Bertz CT molecular complexity index is 1030. The van der Waals surface area contributed by atoms with Crippen LogP contribution in [0.25, 0.3) is 11.0 Å². The zero-order valence-electron chi connectivity index (χ0n) is 18.0. The molecule has 1 aliphatic heterocycles. The number of piperidine rings is 1. The van der Waals surface area contributed by atoms with E-state index in [0.717, 1.165) is 60.8 Å². The number of aliphatic carboxylic acids is 1. The second-order valence-electron chi connectivity index (χ2n) is 8.23. The molecule has 1 aliphatic rings. The third-order valence-electron chi connectivity index (χ3n) is 6.18. The maximum absolute atomic E-state index is 11.5. The smallest absolute Gasteiger partial charge is 0.303 e. The predicted molar refractivity (Wildman–Crippen MR) is 118 cm³/mol. The molecule has 7 heteroatoms. The number of nitrogens with zero attached hydrogens (tertiary/aromatic N) is 2. The number of carboxylic acids is 1. The number of fused-ring (bicyclic) bond motifs is 1. The van der Waals surface area contributed by atoms with Crippen molar-refractivity contribution in [2.24, 2.45) is 11.8 Å². The maximum atomic E-state index is 11.5. The van der Waals surface area contributed by atoms with E-state index < -0.39 is 5.97 Å². The van der Waals surface area contributed by atoms with Crippen molar-refractivity contribution in [1.82, 2.24) is 14.9 Å². The van der Waals surface area contributed by atoms with Gasteiger partial charge in [0.15, 0.2) is 0 Å². The summed E-state index contributed by atoms with van der Waals surface area (Å²) >= 11 is 0. The van der Waals surface area contributed by atoms with E-state index >= 15 is 0 Å². The number of hydrogen-bond donors (Lipinski definition) is 2. The summed E-state index contributed by atoms with van der Waals surface area (Å²) in [6, 6.07) is 14.0. The molecule has 0 unspecified atom stereocenters. The van der Waals surface area contributed by atoms with Crippen molar-refractivity contribution in [3.63, 3.8) is 0 Å². The van der Waals surface area contributed by atoms with E-state index in [1.807, 2.05) is 30.3 Å². The van der Waals surface area contributed by atoms with Crippen molar-refractivity contribution in [1.29, 1.82) is 0 Å². The van der Waals surface area contributed by atoms with Crippen LogP contribution in [-0.4, -0.2) is 53.3 Å². The third kappa shape index (κ3) is 4.99. The van der Waals surface area contributed by atoms with Crippen LogP contribution in [0.15, 0.2) is 42.5 Å². The number of aromatic amines is 1. The van der Waals surface area contributed by atoms with Gasteiger partial charge in [0.1, 0.15) is 22.8 Å². The van der Waals surface area contributed by atoms with Gasteiger partial charge in [-0.25, -0.2) is 4.98 Å². The molecular formula is C24H29N3O4. The molecule has 4 rings (SSSR count). The quantitative estimate of drug-likeness (QED) is 0.574. The first-order chi connectivity index (χ1) is 15.1. The standard InChI is InChI=1S/C24H29N3O4/c1-30-19-8-6-16(7-9-19)14-27-11-10-17(13-23(28)29)18(15-27)12-22-25-20-4-3-5-21(31-2)24(20)26-22/h3-9,17-18H,10-15H2,1-2H3,(H,25,26)(H,28,29)/t17-,18-/m0/s1. The number of imidazole rings is 1. The van der Waals surface area contributed by atoms with Crippen LogP contribution in [0.2, 0.25) is 0 Å². The summed E-state index contributed by atoms with van der Waals surface area (Å²) in [7, 11) is 3.31. The van der Waals surface area contributed by atoms with E-state index in [9.17, 15) is 9.90 Å². The molecule has 2 aromatic carbocycles. The molecule has 0 bridgehead atoms. The van der Waals surface area contributed by atoms with Crippen molar-refractivity contribution in [3.8, 4) is 11.5 Å². The number of nitrogens with one attached hydrogen (secondary N) is 1. The van der Waals surface area contributed by atoms with Crippen LogP contribution in [-0.2, 0) is 17.8 Å². The van der Waals surface area contributed by atoms with E-state index in [1.165, 1.54) is 5.56 Å². The molecule has 0 spiro atoms. The Morgan fingerprint density at radius 3 is 2.68 bits per heavy atom. The molecule has 0 amide bonds. The minimum Gasteiger partial charge on any atom is -0.497 e. The molecule has 2 N–H and O–H groups in total. The highest BCUT2D eigenvalue weighted by atomic mass is 16.5. The number of rotatable bonds is 8. The lowest BCUT2D eigenvalue weighted by Gasteiger charge is -2.38. The Labute approximate surface area is 182 Å². The van der Waals surface area contributed by atoms with E-state index in [2.05, 4.69) is 22.0 Å². The number of para-hydroxylation sites is 1. The second-order valence-corrected chi connectivity index (χ2v) is 8.23. The lowest BCUT2D eigenvalue weighted by molar-refractivity contribution is -0.139. The van der Waals surface area contributed by atoms with Gasteiger partial charge in [-0.15, -0.1) is 0 Å². The number of carbonyl (C=O) groups is 1. The van der Waals surface area contributed by atoms with Crippen molar-refractivity contribution in [2.45, 2.75) is 25.8 Å². The summed E-state index contributed by atoms with van der Waals surface area (Å²) in [5.74, 6) is 2.10. The second kappa shape index (κ2) is 9.39. The van der Waals surface area contributed by atoms with Gasteiger partial charge in [-0.1, -0.05) is 18.2 Å². The van der Waals surface area contributed by atoms with Gasteiger partial charge in [0.05, 0.1) is 19.7 Å². The molecule has 164 valence electrons. The van der Waals surface area contributed by atoms with Crippen molar-refractivity contribution in [3.05, 3.63) is 53.9 Å². The van der Waals surface area contributed by atoms with Crippen LogP contribution in [0.5, 0.6) is 11.5 Å². The van der Waals surface area contributed by atoms with Crippen molar-refractivity contribution in [2.75, 3.05) is 27.3 Å². The van der Waals surface area contributed by atoms with E-state index in [1.54, 1.807) is 14.2 Å². The Morgan fingerprint density at radius 1 is 1.16 bits per heavy atom. The zero-order chi connectivity index (χ0) is 21.8. The molecule has 3 aromatic rings. The lowest BCUT2D eigenvalue weighted by Crippen LogP contribution is -2.41. The highest BCUT2D eigenvalue weighted by Gasteiger charge is 2.31. The Morgan fingerprint density at radius 2 is 1.97 bits per heavy atom. The number of benzene rings is 2. The molecule has 0 aliphatic carbocycles. The minimum absolute atomic E-state index is 0.139. The number of likely N-dealkylation sites (tertiary alicyclic amines) is 1. The SMILES string of the molecule is COc1ccc(CN2CC[C@@H](CC(=O)O)[C@@H](Cc3nc4c(OC)cccc4[nH]3)C2)cc1. The molecule has 0 radical (unpaired) electrons. The van der Waals surface area contributed by atoms with E-state index in [0.29, 0.717) is 0 Å². The molecule has 1 aromatic heterocycles. The number of aromatic nitrogens is 2. The van der Waals surface area contributed by atoms with E-state index in [-0.39, 0.29) is 18.3 Å². The molecular weight excluding hydrogens is 394 g/mol. The molecule has 0 saturated carbocycles. The minimum atomic E-state index is -0.732. The summed E-state index contributed by atoms with van der Waals surface area (Å²) in [5, 5.41) is 9.42. The van der Waals surface area contributed by atoms with Gasteiger partial charge in [0.2, 0.25) is 0 Å². The highest BCUT2D eigenvalue weighted by Crippen LogP contribution is 2.31. The van der Waals surface area contributed by atoms with Gasteiger partial charge < -0.3 is 19.6 Å². The van der Waals surface area contributed by atoms with Gasteiger partial charge in [0, 0.05) is 25.9 Å². The first-order valence-corrected chi connectivity index (χ1v) is 10.6. The summed E-state index contributed by atoms with van der Waals surface area (Å²) < 4.78 is 10.7. The number of methoxy groups -OCH3 is 2. The fourth-order valence-corrected chi connectivity index (χ4v) is 4.58. The largest absolute Gasteiger partial charge is 0.497 e. The van der Waals surface area contributed by atoms with Gasteiger partial charge >= 0.3 is 5.97 Å². The molecule has 2 atom stereocenters.